The van der Waals surface area contributed by atoms with Crippen molar-refractivity contribution in [1.29, 1.82) is 0 Å². The van der Waals surface area contributed by atoms with Crippen LogP contribution in [0.15, 0.2) is 0 Å². The summed E-state index contributed by atoms with van der Waals surface area (Å²) in [6.45, 7) is 0. The molecule has 3 atom stereocenters. The van der Waals surface area contributed by atoms with Crippen LogP contribution in [-0.4, -0.2) is 17.1 Å². The van der Waals surface area contributed by atoms with Crippen LogP contribution in [0.4, 0.5) is 5.69 Å². The van der Waals surface area contributed by atoms with Crippen LogP contribution >= 0.6 is 47.0 Å². The van der Waals surface area contributed by atoms with E-state index >= 15 is 0 Å². The molecular weight excluding hydrogens is 393 g/mol. The lowest BCUT2D eigenvalue weighted by atomic mass is 9.96. The van der Waals surface area contributed by atoms with Gasteiger partial charge in [0, 0.05) is 6.04 Å². The fourth-order valence-corrected chi connectivity index (χ4v) is 4.34. The number of nitrogen functional groups attached to an aromatic ring is 1. The molecule has 2 aliphatic carbocycles. The van der Waals surface area contributed by atoms with Crippen molar-refractivity contribution in [2.75, 3.05) is 5.73 Å². The number of pyridine rings is 1. The van der Waals surface area contributed by atoms with Gasteiger partial charge in [-0.05, 0) is 54.9 Å². The number of fused-ring (bicyclic) bond motifs is 2. The normalized spacial score (nSPS) is 24.7. The molecule has 1 amide bonds. The van der Waals surface area contributed by atoms with E-state index in [0.29, 0.717) is 17.1 Å². The molecule has 0 unspecified atom stereocenters. The van der Waals surface area contributed by atoms with Crippen molar-refractivity contribution in [2.45, 2.75) is 31.7 Å². The summed E-state index contributed by atoms with van der Waals surface area (Å²) in [7, 11) is 0. The quantitative estimate of drug-likeness (QED) is 0.342. The molecule has 2 saturated carbocycles. The summed E-state index contributed by atoms with van der Waals surface area (Å²) in [4.78, 5) is 14.8. The average Bonchev–Trinajstić information content (AvgIpc) is 3.16. The maximum absolute atomic E-state index is 12.2. The van der Waals surface area contributed by atoms with Gasteiger partial charge in [0.1, 0.15) is 10.0 Å². The third-order valence-electron chi connectivity index (χ3n) is 4.69. The minimum absolute atomic E-state index is 0.00112. The molecule has 0 radical (unpaired) electrons. The monoisotopic (exact) mass is 408 g/mol. The lowest BCUT2D eigenvalue weighted by Gasteiger charge is -2.24. The molecule has 130 valence electrons. The van der Waals surface area contributed by atoms with Crippen molar-refractivity contribution in [3.8, 4) is 0 Å². The first-order valence-electron chi connectivity index (χ1n) is 7.59. The topological polar surface area (TPSA) is 93.3 Å². The Morgan fingerprint density at radius 2 is 1.92 bits per heavy atom. The second-order valence-corrected chi connectivity index (χ2v) is 7.73. The molecule has 3 rings (SSSR count). The zero-order valence-corrected chi connectivity index (χ0v) is 15.7. The molecule has 2 bridgehead atoms. The first-order chi connectivity index (χ1) is 11.4. The lowest BCUT2D eigenvalue weighted by Crippen LogP contribution is -2.51. The van der Waals surface area contributed by atoms with Gasteiger partial charge in [-0.15, -0.1) is 0 Å². The van der Waals surface area contributed by atoms with Crippen LogP contribution in [0.1, 0.15) is 36.2 Å². The Morgan fingerprint density at radius 1 is 1.17 bits per heavy atom. The van der Waals surface area contributed by atoms with Crippen LogP contribution in [0.25, 0.3) is 0 Å². The lowest BCUT2D eigenvalue weighted by molar-refractivity contribution is -0.379. The van der Waals surface area contributed by atoms with Gasteiger partial charge in [0.05, 0.1) is 5.69 Å². The molecule has 0 saturated heterocycles. The Labute approximate surface area is 159 Å². The van der Waals surface area contributed by atoms with E-state index in [9.17, 15) is 4.79 Å². The predicted octanol–water partition coefficient (Wildman–Crippen LogP) is 2.34. The Bertz CT molecular complexity index is 701. The van der Waals surface area contributed by atoms with Crippen LogP contribution < -0.4 is 26.9 Å². The second-order valence-electron chi connectivity index (χ2n) is 6.19. The van der Waals surface area contributed by atoms with E-state index in [2.05, 4.69) is 21.2 Å². The summed E-state index contributed by atoms with van der Waals surface area (Å²) in [5.41, 5.74) is 10.9. The number of nitrogens with two attached hydrogens (primary N) is 1. The number of H-pyrrole nitrogens is 1. The van der Waals surface area contributed by atoms with Crippen molar-refractivity contribution in [2.24, 2.45) is 11.8 Å². The van der Waals surface area contributed by atoms with Crippen LogP contribution in [0, 0.1) is 11.8 Å². The number of hydrogen-bond donors (Lipinski definition) is 4. The fraction of sp³-hybridized carbons (Fsp3) is 0.500. The number of rotatable bonds is 2. The molecular formula is C14H17Cl3N5OS+. The van der Waals surface area contributed by atoms with E-state index in [4.69, 9.17) is 52.8 Å². The molecule has 6 N–H and O–H groups in total. The Kier molecular flexibility index (Phi) is 5.24. The minimum Gasteiger partial charge on any atom is -0.396 e. The molecule has 6 nitrogen and oxygen atoms in total. The van der Waals surface area contributed by atoms with E-state index in [1.165, 1.54) is 19.3 Å². The Morgan fingerprint density at radius 3 is 2.54 bits per heavy atom. The molecule has 1 aromatic heterocycles. The number of carbonyl (C=O) groups is 1. The van der Waals surface area contributed by atoms with Crippen molar-refractivity contribution >= 4 is 63.7 Å². The van der Waals surface area contributed by atoms with Crippen LogP contribution in [0.2, 0.25) is 15.2 Å². The smallest absolute Gasteiger partial charge is 0.336 e. The van der Waals surface area contributed by atoms with E-state index in [1.54, 1.807) is 0 Å². The van der Waals surface area contributed by atoms with Crippen molar-refractivity contribution in [3.05, 3.63) is 20.9 Å². The van der Waals surface area contributed by atoms with Gasteiger partial charge in [0.2, 0.25) is 0 Å². The zero-order valence-electron chi connectivity index (χ0n) is 12.6. The summed E-state index contributed by atoms with van der Waals surface area (Å²) in [6.07, 6.45) is 4.94. The van der Waals surface area contributed by atoms with Gasteiger partial charge in [-0.1, -0.05) is 29.6 Å². The highest BCUT2D eigenvalue weighted by Gasteiger charge is 2.39. The third-order valence-corrected chi connectivity index (χ3v) is 6.08. The van der Waals surface area contributed by atoms with Gasteiger partial charge in [-0.3, -0.25) is 15.6 Å². The van der Waals surface area contributed by atoms with Crippen LogP contribution in [0.5, 0.6) is 0 Å². The van der Waals surface area contributed by atoms with Crippen molar-refractivity contribution in [3.63, 3.8) is 0 Å². The molecule has 24 heavy (non-hydrogen) atoms. The number of aromatic amines is 1. The zero-order chi connectivity index (χ0) is 17.4. The summed E-state index contributed by atoms with van der Waals surface area (Å²) < 4.78 is 0. The van der Waals surface area contributed by atoms with E-state index in [0.717, 1.165) is 12.3 Å². The van der Waals surface area contributed by atoms with Gasteiger partial charge in [0.25, 0.3) is 10.8 Å². The highest BCUT2D eigenvalue weighted by Crippen LogP contribution is 2.44. The first-order valence-corrected chi connectivity index (χ1v) is 9.13. The summed E-state index contributed by atoms with van der Waals surface area (Å²) in [6, 6.07) is 0.372. The maximum atomic E-state index is 12.2. The maximum Gasteiger partial charge on any atom is 0.336 e. The van der Waals surface area contributed by atoms with Crippen LogP contribution in [0.3, 0.4) is 0 Å². The number of carbonyl (C=O) groups excluding carboxylic acids is 1. The minimum atomic E-state index is -0.553. The summed E-state index contributed by atoms with van der Waals surface area (Å²) in [5.74, 6) is 0.919. The van der Waals surface area contributed by atoms with E-state index < -0.39 is 5.91 Å². The number of thiocarbonyl (C=S) groups is 1. The predicted molar refractivity (Wildman–Crippen MR) is 98.0 cm³/mol. The van der Waals surface area contributed by atoms with Crippen molar-refractivity contribution in [1.82, 2.24) is 16.2 Å². The highest BCUT2D eigenvalue weighted by molar-refractivity contribution is 7.80. The standard InChI is InChI=1S/C14H16Cl3N5OS/c15-8-10(18)9(16)12(17)20-11(8)13(23)21-22-14(24)19-7-4-5-1-2-6(7)3-5/h5-7H,1-4H2,(H2,18,20)(H,21,23)(H2,19,22,24)/p+1/t5-,6+,7-/m0/s1. The number of anilines is 1. The molecule has 1 heterocycles. The number of amides is 1. The van der Waals surface area contributed by atoms with Crippen molar-refractivity contribution < 1.29 is 9.78 Å². The molecule has 0 spiro atoms. The van der Waals surface area contributed by atoms with Gasteiger partial charge in [-0.25, -0.2) is 0 Å². The molecule has 1 aromatic rings. The molecule has 2 aliphatic rings. The summed E-state index contributed by atoms with van der Waals surface area (Å²) in [5, 5.41) is 3.72. The number of hydrogen-bond acceptors (Lipinski definition) is 3. The highest BCUT2D eigenvalue weighted by atomic mass is 35.5. The van der Waals surface area contributed by atoms with Gasteiger partial charge in [0.15, 0.2) is 5.11 Å². The molecule has 2 fully saturated rings. The van der Waals surface area contributed by atoms with Crippen LogP contribution in [-0.2, 0) is 0 Å². The van der Waals surface area contributed by atoms with E-state index in [1.807, 2.05) is 0 Å². The number of hydrazine groups is 1. The second kappa shape index (κ2) is 7.07. The fourth-order valence-electron chi connectivity index (χ4n) is 3.53. The molecule has 0 aromatic carbocycles. The largest absolute Gasteiger partial charge is 0.396 e. The van der Waals surface area contributed by atoms with Gasteiger partial charge in [-0.2, -0.15) is 4.98 Å². The average molecular weight is 410 g/mol. The SMILES string of the molecule is Nc1c(Cl)c(Cl)[nH+]c(C(=O)NNC(=S)N[C@H]2C[C@H]3CC[C@@H]2C3)c1Cl. The van der Waals surface area contributed by atoms with Gasteiger partial charge >= 0.3 is 5.91 Å². The number of halogens is 3. The molecule has 0 aliphatic heterocycles. The number of nitrogens with one attached hydrogen (secondary N) is 4. The van der Waals surface area contributed by atoms with Gasteiger partial charge < -0.3 is 11.1 Å². The first kappa shape index (κ1) is 17.8. The third kappa shape index (κ3) is 3.49. The number of aromatic nitrogens is 1. The van der Waals surface area contributed by atoms with E-state index in [-0.39, 0.29) is 26.6 Å². The molecule has 10 heteroatoms. The Balaban J connectivity index is 1.57. The Hall–Kier alpha value is -1.02. The summed E-state index contributed by atoms with van der Waals surface area (Å²) >= 11 is 23.0.